The Morgan fingerprint density at radius 3 is 2.61 bits per heavy atom. The van der Waals surface area contributed by atoms with E-state index in [1.54, 1.807) is 30.4 Å². The van der Waals surface area contributed by atoms with Gasteiger partial charge in [-0.25, -0.2) is 18.2 Å². The minimum atomic E-state index is -0.561. The van der Waals surface area contributed by atoms with Crippen molar-refractivity contribution in [2.24, 2.45) is 5.92 Å². The molecule has 4 rings (SSSR count). The van der Waals surface area contributed by atoms with Gasteiger partial charge in [0.15, 0.2) is 5.82 Å². The maximum Gasteiger partial charge on any atom is 0.151 e. The topological polar surface area (TPSA) is 63.7 Å². The van der Waals surface area contributed by atoms with Gasteiger partial charge in [0.25, 0.3) is 0 Å². The predicted octanol–water partition coefficient (Wildman–Crippen LogP) is 9.08. The SMILES string of the molecule is C=C/C=C(\C=C(/C)CCc1ccc(C#N)cc1F)Oc1cnc(Cc2nc3c(F)cc(C)cc3n2C[C@@H](C)CCC)c(F)c1. The van der Waals surface area contributed by atoms with Crippen LogP contribution < -0.4 is 4.74 Å². The van der Waals surface area contributed by atoms with Crippen molar-refractivity contribution in [2.75, 3.05) is 0 Å². The van der Waals surface area contributed by atoms with Crippen molar-refractivity contribution in [3.8, 4) is 11.8 Å². The number of rotatable bonds is 13. The highest BCUT2D eigenvalue weighted by molar-refractivity contribution is 5.77. The van der Waals surface area contributed by atoms with Crippen LogP contribution in [0.1, 0.15) is 68.2 Å². The highest BCUT2D eigenvalue weighted by atomic mass is 19.1. The first-order valence-corrected chi connectivity index (χ1v) is 14.8. The van der Waals surface area contributed by atoms with E-state index < -0.39 is 17.5 Å². The summed E-state index contributed by atoms with van der Waals surface area (Å²) in [7, 11) is 0. The number of nitrogens with zero attached hydrogens (tertiary/aromatic N) is 4. The van der Waals surface area contributed by atoms with Gasteiger partial charge in [-0.3, -0.25) is 4.98 Å². The van der Waals surface area contributed by atoms with Crippen LogP contribution in [0, 0.1) is 41.6 Å². The first-order chi connectivity index (χ1) is 21.1. The van der Waals surface area contributed by atoms with Crippen LogP contribution in [0.4, 0.5) is 13.2 Å². The summed E-state index contributed by atoms with van der Waals surface area (Å²) >= 11 is 0. The number of pyridine rings is 1. The Bertz CT molecular complexity index is 1760. The lowest BCUT2D eigenvalue weighted by atomic mass is 10.0. The third-order valence-electron chi connectivity index (χ3n) is 7.40. The lowest BCUT2D eigenvalue weighted by molar-refractivity contribution is 0.434. The average Bonchev–Trinajstić information content (AvgIpc) is 3.30. The molecule has 2 aromatic carbocycles. The van der Waals surface area contributed by atoms with Crippen LogP contribution in [-0.4, -0.2) is 14.5 Å². The number of hydrogen-bond donors (Lipinski definition) is 0. The number of benzene rings is 2. The fraction of sp³-hybridized carbons (Fsp3) is 0.306. The van der Waals surface area contributed by atoms with Gasteiger partial charge in [-0.1, -0.05) is 44.6 Å². The van der Waals surface area contributed by atoms with Crippen molar-refractivity contribution in [2.45, 2.75) is 66.3 Å². The smallest absolute Gasteiger partial charge is 0.151 e. The zero-order valence-electron chi connectivity index (χ0n) is 25.6. The zero-order chi connectivity index (χ0) is 31.8. The molecule has 228 valence electrons. The summed E-state index contributed by atoms with van der Waals surface area (Å²) in [5, 5.41) is 8.94. The van der Waals surface area contributed by atoms with Crippen molar-refractivity contribution >= 4 is 11.0 Å². The molecule has 0 bridgehead atoms. The van der Waals surface area contributed by atoms with Crippen LogP contribution in [0.5, 0.6) is 5.75 Å². The van der Waals surface area contributed by atoms with E-state index in [2.05, 4.69) is 30.4 Å². The average molecular weight is 599 g/mol. The first-order valence-electron chi connectivity index (χ1n) is 14.8. The second-order valence-electron chi connectivity index (χ2n) is 11.2. The van der Waals surface area contributed by atoms with E-state index in [4.69, 9.17) is 10.00 Å². The lowest BCUT2D eigenvalue weighted by Gasteiger charge is -2.15. The van der Waals surface area contributed by atoms with Gasteiger partial charge in [0.2, 0.25) is 0 Å². The van der Waals surface area contributed by atoms with Crippen molar-refractivity contribution in [1.29, 1.82) is 5.26 Å². The molecule has 2 heterocycles. The van der Waals surface area contributed by atoms with Crippen LogP contribution in [0.2, 0.25) is 0 Å². The van der Waals surface area contributed by atoms with E-state index in [9.17, 15) is 8.78 Å². The minimum absolute atomic E-state index is 0.0956. The van der Waals surface area contributed by atoms with Gasteiger partial charge in [-0.15, -0.1) is 0 Å². The van der Waals surface area contributed by atoms with Gasteiger partial charge in [-0.2, -0.15) is 5.26 Å². The van der Waals surface area contributed by atoms with Crippen LogP contribution in [0.25, 0.3) is 11.0 Å². The molecule has 0 amide bonds. The Morgan fingerprint density at radius 2 is 1.93 bits per heavy atom. The molecule has 0 unspecified atom stereocenters. The molecule has 0 aliphatic rings. The maximum absolute atomic E-state index is 15.4. The van der Waals surface area contributed by atoms with Crippen molar-refractivity contribution < 1.29 is 17.9 Å². The molecular formula is C36H37F3N4O. The first kappa shape index (κ1) is 32.3. The quantitative estimate of drug-likeness (QED) is 0.114. The normalized spacial score (nSPS) is 12.8. The Kier molecular flexibility index (Phi) is 10.8. The molecule has 4 aromatic rings. The van der Waals surface area contributed by atoms with Crippen LogP contribution >= 0.6 is 0 Å². The van der Waals surface area contributed by atoms with Gasteiger partial charge in [0.05, 0.1) is 35.5 Å². The minimum Gasteiger partial charge on any atom is -0.456 e. The number of halogens is 3. The molecule has 44 heavy (non-hydrogen) atoms. The van der Waals surface area contributed by atoms with E-state index >= 15 is 4.39 Å². The summed E-state index contributed by atoms with van der Waals surface area (Å²) in [6, 6.07) is 11.0. The third kappa shape index (κ3) is 8.04. The fourth-order valence-electron chi connectivity index (χ4n) is 5.21. The number of allylic oxidation sites excluding steroid dienone is 4. The predicted molar refractivity (Wildman–Crippen MR) is 168 cm³/mol. The van der Waals surface area contributed by atoms with Gasteiger partial charge >= 0.3 is 0 Å². The molecule has 0 spiro atoms. The van der Waals surface area contributed by atoms with Gasteiger partial charge < -0.3 is 9.30 Å². The van der Waals surface area contributed by atoms with Crippen LogP contribution in [0.3, 0.4) is 0 Å². The summed E-state index contributed by atoms with van der Waals surface area (Å²) in [6.45, 7) is 12.4. The van der Waals surface area contributed by atoms with Crippen LogP contribution in [0.15, 0.2) is 78.7 Å². The lowest BCUT2D eigenvalue weighted by Crippen LogP contribution is -2.12. The molecule has 0 aliphatic heterocycles. The van der Waals surface area contributed by atoms with Gasteiger partial charge in [0.1, 0.15) is 34.5 Å². The summed E-state index contributed by atoms with van der Waals surface area (Å²) in [5.74, 6) is 0.141. The number of nitriles is 1. The molecule has 1 atom stereocenters. The molecule has 0 aliphatic carbocycles. The number of fused-ring (bicyclic) bond motifs is 1. The fourth-order valence-corrected chi connectivity index (χ4v) is 5.21. The van der Waals surface area contributed by atoms with E-state index in [0.717, 1.165) is 24.0 Å². The van der Waals surface area contributed by atoms with Crippen molar-refractivity contribution in [3.63, 3.8) is 0 Å². The van der Waals surface area contributed by atoms with Crippen molar-refractivity contribution in [3.05, 3.63) is 124 Å². The summed E-state index contributed by atoms with van der Waals surface area (Å²) in [4.78, 5) is 8.92. The highest BCUT2D eigenvalue weighted by Gasteiger charge is 2.19. The standard InChI is InChI=1S/C36H37F3N4O/c1-6-8-24(4)22-43-34-16-25(5)15-32(39)36(34)42-35(43)19-33-31(38)18-29(21-41-33)44-28(9-7-2)14-23(3)10-12-27-13-11-26(20-40)17-30(27)37/h7,9,11,13-18,21,24H,2,6,8,10,12,19,22H2,1,3-5H3/b23-14+,28-9+/t24-/m0/s1. The molecule has 0 saturated heterocycles. The summed E-state index contributed by atoms with van der Waals surface area (Å²) < 4.78 is 52.4. The number of ether oxygens (including phenoxy) is 1. The Balaban J connectivity index is 1.52. The largest absolute Gasteiger partial charge is 0.456 e. The molecular weight excluding hydrogens is 561 g/mol. The van der Waals surface area contributed by atoms with E-state index in [-0.39, 0.29) is 28.9 Å². The number of aryl methyl sites for hydroxylation is 2. The molecule has 2 aromatic heterocycles. The maximum atomic E-state index is 15.4. The molecule has 0 radical (unpaired) electrons. The molecule has 0 fully saturated rings. The molecule has 0 N–H and O–H groups in total. The number of imidazole rings is 1. The highest BCUT2D eigenvalue weighted by Crippen LogP contribution is 2.26. The van der Waals surface area contributed by atoms with Gasteiger partial charge in [0, 0.05) is 12.6 Å². The number of aromatic nitrogens is 3. The second-order valence-corrected chi connectivity index (χ2v) is 11.2. The molecule has 8 heteroatoms. The second kappa shape index (κ2) is 14.7. The monoisotopic (exact) mass is 598 g/mol. The van der Waals surface area contributed by atoms with E-state index in [0.29, 0.717) is 48.0 Å². The molecule has 0 saturated carbocycles. The molecule has 5 nitrogen and oxygen atoms in total. The van der Waals surface area contributed by atoms with E-state index in [1.807, 2.05) is 30.6 Å². The Labute approximate surface area is 257 Å². The number of hydrogen-bond acceptors (Lipinski definition) is 4. The van der Waals surface area contributed by atoms with Crippen molar-refractivity contribution in [1.82, 2.24) is 14.5 Å². The summed E-state index contributed by atoms with van der Waals surface area (Å²) in [5.41, 5.74) is 3.65. The van der Waals surface area contributed by atoms with Crippen LogP contribution in [-0.2, 0) is 19.4 Å². The third-order valence-corrected chi connectivity index (χ3v) is 7.40. The Morgan fingerprint density at radius 1 is 1.14 bits per heavy atom. The summed E-state index contributed by atoms with van der Waals surface area (Å²) in [6.07, 6.45) is 9.55. The van der Waals surface area contributed by atoms with Gasteiger partial charge in [-0.05, 0) is 86.6 Å². The zero-order valence-corrected chi connectivity index (χ0v) is 25.6. The van der Waals surface area contributed by atoms with E-state index in [1.165, 1.54) is 24.4 Å². The Hall–Kier alpha value is -4.64.